The summed E-state index contributed by atoms with van der Waals surface area (Å²) in [5.74, 6) is 1.57. The quantitative estimate of drug-likeness (QED) is 0.499. The average Bonchev–Trinajstić information content (AvgIpc) is 3.19. The molecule has 9 aliphatic rings. The van der Waals surface area contributed by atoms with Gasteiger partial charge < -0.3 is 14.2 Å². The number of carbonyl (C=O) groups excluding carboxylic acids is 1. The number of nitrogens with zero attached hydrogens (tertiary/aromatic N) is 1. The predicted molar refractivity (Wildman–Crippen MR) is 106 cm³/mol. The fourth-order valence-electron chi connectivity index (χ4n) is 10.0. The average molecular weight is 400 g/mol. The fourth-order valence-corrected chi connectivity index (χ4v) is 10.0. The molecule has 0 radical (unpaired) electrons. The minimum atomic E-state index is -0.169. The lowest BCUT2D eigenvalue weighted by Crippen LogP contribution is -2.83. The highest BCUT2D eigenvalue weighted by Gasteiger charge is 2.81. The Morgan fingerprint density at radius 2 is 2.03 bits per heavy atom. The summed E-state index contributed by atoms with van der Waals surface area (Å²) < 4.78 is 19.5. The third kappa shape index (κ3) is 1.74. The Balaban J connectivity index is 1.42. The van der Waals surface area contributed by atoms with Crippen molar-refractivity contribution < 1.29 is 19.0 Å². The van der Waals surface area contributed by atoms with Gasteiger partial charge in [-0.1, -0.05) is 19.9 Å². The lowest BCUT2D eigenvalue weighted by atomic mass is 9.32. The zero-order chi connectivity index (χ0) is 19.8. The van der Waals surface area contributed by atoms with E-state index >= 15 is 0 Å². The molecule has 10 atom stereocenters. The molecule has 5 saturated carbocycles. The molecule has 4 saturated heterocycles. The van der Waals surface area contributed by atoms with Crippen molar-refractivity contribution in [1.82, 2.24) is 4.90 Å². The highest BCUT2D eigenvalue weighted by Crippen LogP contribution is 2.79. The molecular weight excluding hydrogens is 366 g/mol. The standard InChI is InChI=1S/C24H33NO4/c1-13-15-5-8-24(19(13)28-14(2)26)17(11-15)23-7-4-6-22(3)16(23)12-18(24)29-21(23)25-9-10-27-20(22)25/h15-21H,1,4-12H2,2-3H3. The van der Waals surface area contributed by atoms with Crippen molar-refractivity contribution in [3.05, 3.63) is 12.2 Å². The highest BCUT2D eigenvalue weighted by atomic mass is 16.6. The Morgan fingerprint density at radius 3 is 2.86 bits per heavy atom. The SMILES string of the molecule is C=C1C2CCC3(C4CC5C6(C)CCCC5(C(O4)N4CCOC46)C3C2)C1OC(C)=O. The van der Waals surface area contributed by atoms with Crippen LogP contribution in [0.25, 0.3) is 0 Å². The summed E-state index contributed by atoms with van der Waals surface area (Å²) in [6, 6.07) is 0. The lowest BCUT2D eigenvalue weighted by Gasteiger charge is -2.80. The van der Waals surface area contributed by atoms with E-state index in [1.54, 1.807) is 6.92 Å². The van der Waals surface area contributed by atoms with Gasteiger partial charge in [-0.2, -0.15) is 0 Å². The van der Waals surface area contributed by atoms with Crippen LogP contribution in [0.4, 0.5) is 0 Å². The summed E-state index contributed by atoms with van der Waals surface area (Å²) in [7, 11) is 0. The van der Waals surface area contributed by atoms with Crippen molar-refractivity contribution in [2.75, 3.05) is 13.2 Å². The van der Waals surface area contributed by atoms with Crippen LogP contribution in [0.5, 0.6) is 0 Å². The van der Waals surface area contributed by atoms with Gasteiger partial charge >= 0.3 is 5.97 Å². The van der Waals surface area contributed by atoms with E-state index in [1.807, 2.05) is 0 Å². The molecular formula is C24H33NO4. The van der Waals surface area contributed by atoms with Crippen LogP contribution < -0.4 is 0 Å². The molecule has 0 aromatic heterocycles. The summed E-state index contributed by atoms with van der Waals surface area (Å²) in [6.07, 6.45) is 8.86. The van der Waals surface area contributed by atoms with Crippen LogP contribution in [-0.4, -0.2) is 48.7 Å². The highest BCUT2D eigenvalue weighted by molar-refractivity contribution is 5.67. The van der Waals surface area contributed by atoms with E-state index in [-0.39, 0.29) is 46.9 Å². The number of carbonyl (C=O) groups is 1. The Kier molecular flexibility index (Phi) is 3.23. The second-order valence-corrected chi connectivity index (χ2v) is 11.4. The first-order valence-electron chi connectivity index (χ1n) is 11.8. The van der Waals surface area contributed by atoms with E-state index in [1.165, 1.54) is 37.7 Å². The maximum atomic E-state index is 12.1. The molecule has 29 heavy (non-hydrogen) atoms. The summed E-state index contributed by atoms with van der Waals surface area (Å²) in [4.78, 5) is 14.7. The first-order chi connectivity index (χ1) is 13.9. The number of hydrogen-bond acceptors (Lipinski definition) is 5. The van der Waals surface area contributed by atoms with Gasteiger partial charge in [-0.25, -0.2) is 4.90 Å². The van der Waals surface area contributed by atoms with Crippen molar-refractivity contribution in [2.24, 2.45) is 34.0 Å². The minimum absolute atomic E-state index is 0.0594. The number of piperidine rings is 1. The molecule has 5 heteroatoms. The van der Waals surface area contributed by atoms with E-state index in [0.717, 1.165) is 26.0 Å². The third-order valence-corrected chi connectivity index (χ3v) is 10.7. The van der Waals surface area contributed by atoms with Crippen LogP contribution in [0.15, 0.2) is 12.2 Å². The number of fused-ring (bicyclic) bond motifs is 4. The topological polar surface area (TPSA) is 48.0 Å². The van der Waals surface area contributed by atoms with Gasteiger partial charge in [-0.3, -0.25) is 4.79 Å². The predicted octanol–water partition coefficient (Wildman–Crippen LogP) is 3.48. The van der Waals surface area contributed by atoms with Crippen molar-refractivity contribution in [3.63, 3.8) is 0 Å². The Bertz CT molecular complexity index is 813. The molecule has 2 spiro atoms. The Morgan fingerprint density at radius 1 is 1.17 bits per heavy atom. The van der Waals surface area contributed by atoms with Crippen LogP contribution >= 0.6 is 0 Å². The van der Waals surface area contributed by atoms with Gasteiger partial charge in [-0.05, 0) is 61.9 Å². The number of hydrogen-bond donors (Lipinski definition) is 0. The van der Waals surface area contributed by atoms with E-state index in [9.17, 15) is 4.79 Å². The maximum Gasteiger partial charge on any atom is 0.303 e. The van der Waals surface area contributed by atoms with Crippen molar-refractivity contribution in [3.8, 4) is 0 Å². The number of rotatable bonds is 1. The first-order valence-corrected chi connectivity index (χ1v) is 11.8. The molecule has 10 unspecified atom stereocenters. The molecule has 9 rings (SSSR count). The van der Waals surface area contributed by atoms with Gasteiger partial charge in [0.15, 0.2) is 0 Å². The summed E-state index contributed by atoms with van der Waals surface area (Å²) in [6.45, 7) is 10.3. The van der Waals surface area contributed by atoms with Gasteiger partial charge in [-0.15, -0.1) is 0 Å². The summed E-state index contributed by atoms with van der Waals surface area (Å²) >= 11 is 0. The zero-order valence-electron chi connectivity index (χ0n) is 17.7. The molecule has 4 heterocycles. The number of esters is 1. The van der Waals surface area contributed by atoms with E-state index in [4.69, 9.17) is 14.2 Å². The zero-order valence-corrected chi connectivity index (χ0v) is 17.7. The third-order valence-electron chi connectivity index (χ3n) is 10.7. The normalized spacial score (nSPS) is 59.4. The molecule has 158 valence electrons. The fraction of sp³-hybridized carbons (Fsp3) is 0.875. The Labute approximate surface area is 173 Å². The lowest BCUT2D eigenvalue weighted by molar-refractivity contribution is -0.422. The molecule has 7 bridgehead atoms. The van der Waals surface area contributed by atoms with Gasteiger partial charge in [0, 0.05) is 29.7 Å². The molecule has 4 aliphatic heterocycles. The number of ether oxygens (including phenoxy) is 3. The van der Waals surface area contributed by atoms with Gasteiger partial charge in [0.05, 0.1) is 12.7 Å². The van der Waals surface area contributed by atoms with Gasteiger partial charge in [0.25, 0.3) is 0 Å². The van der Waals surface area contributed by atoms with Gasteiger partial charge in [0.2, 0.25) is 0 Å². The minimum Gasteiger partial charge on any atom is -0.457 e. The largest absolute Gasteiger partial charge is 0.457 e. The first kappa shape index (κ1) is 17.7. The molecule has 9 fully saturated rings. The van der Waals surface area contributed by atoms with Crippen LogP contribution in [-0.2, 0) is 19.0 Å². The van der Waals surface area contributed by atoms with Crippen molar-refractivity contribution in [2.45, 2.75) is 83.5 Å². The summed E-state index contributed by atoms with van der Waals surface area (Å²) in [5, 5.41) is 0. The molecule has 5 aliphatic carbocycles. The molecule has 5 nitrogen and oxygen atoms in total. The van der Waals surface area contributed by atoms with Crippen LogP contribution in [0.3, 0.4) is 0 Å². The smallest absolute Gasteiger partial charge is 0.303 e. The van der Waals surface area contributed by atoms with E-state index in [2.05, 4.69) is 18.4 Å². The summed E-state index contributed by atoms with van der Waals surface area (Å²) in [5.41, 5.74) is 1.51. The van der Waals surface area contributed by atoms with Crippen molar-refractivity contribution in [1.29, 1.82) is 0 Å². The molecule has 0 N–H and O–H groups in total. The van der Waals surface area contributed by atoms with Crippen LogP contribution in [0, 0.1) is 34.0 Å². The second kappa shape index (κ2) is 5.28. The second-order valence-electron chi connectivity index (χ2n) is 11.4. The maximum absolute atomic E-state index is 12.1. The monoisotopic (exact) mass is 399 g/mol. The molecule has 0 aromatic carbocycles. The Hall–Kier alpha value is -0.910. The molecule has 0 amide bonds. The van der Waals surface area contributed by atoms with Gasteiger partial charge in [0.1, 0.15) is 18.6 Å². The van der Waals surface area contributed by atoms with Crippen LogP contribution in [0.1, 0.15) is 58.8 Å². The van der Waals surface area contributed by atoms with Crippen LogP contribution in [0.2, 0.25) is 0 Å². The van der Waals surface area contributed by atoms with E-state index < -0.39 is 0 Å². The van der Waals surface area contributed by atoms with E-state index in [0.29, 0.717) is 17.8 Å². The van der Waals surface area contributed by atoms with Crippen molar-refractivity contribution >= 4 is 5.97 Å². The molecule has 0 aromatic rings.